The first kappa shape index (κ1) is 38.1. The molecule has 0 radical (unpaired) electrons. The van der Waals surface area contributed by atoms with Gasteiger partial charge in [0.2, 0.25) is 0 Å². The number of thiophene rings is 2. The summed E-state index contributed by atoms with van der Waals surface area (Å²) in [6.07, 6.45) is 1.07. The topological polar surface area (TPSA) is 123 Å². The van der Waals surface area contributed by atoms with Crippen molar-refractivity contribution in [3.8, 4) is 0 Å². The molecule has 282 valence electrons. The number of hydrogen-bond donors (Lipinski definition) is 2. The van der Waals surface area contributed by atoms with Crippen molar-refractivity contribution in [1.82, 2.24) is 15.1 Å². The number of carbonyl (C=O) groups is 3. The first-order chi connectivity index (χ1) is 24.7. The molecule has 0 spiro atoms. The number of likely N-dealkylation sites (tertiary alicyclic amines) is 2. The maximum atomic E-state index is 12.6. The van der Waals surface area contributed by atoms with Crippen LogP contribution in [0.4, 0.5) is 14.4 Å². The second kappa shape index (κ2) is 15.0. The van der Waals surface area contributed by atoms with Gasteiger partial charge in [0.1, 0.15) is 17.8 Å². The van der Waals surface area contributed by atoms with E-state index in [0.717, 1.165) is 31.5 Å². The molecule has 4 aliphatic rings. The average molecular weight is 751 g/mol. The summed E-state index contributed by atoms with van der Waals surface area (Å²) in [6, 6.07) is 14.0. The third-order valence-electron chi connectivity index (χ3n) is 11.2. The van der Waals surface area contributed by atoms with Gasteiger partial charge in [0, 0.05) is 50.1 Å². The van der Waals surface area contributed by atoms with Gasteiger partial charge >= 0.3 is 18.3 Å². The fraction of sp³-hybridized carbons (Fsp3) is 0.575. The minimum atomic E-state index is -0.508. The van der Waals surface area contributed by atoms with E-state index in [1.165, 1.54) is 11.1 Å². The van der Waals surface area contributed by atoms with Crippen molar-refractivity contribution >= 4 is 41.0 Å². The number of fused-ring (bicyclic) bond motifs is 2. The highest BCUT2D eigenvalue weighted by atomic mass is 32.1. The van der Waals surface area contributed by atoms with Crippen LogP contribution in [0.3, 0.4) is 0 Å². The summed E-state index contributed by atoms with van der Waals surface area (Å²) in [5.74, 6) is 1.85. The third kappa shape index (κ3) is 8.14. The molecule has 2 saturated heterocycles. The van der Waals surface area contributed by atoms with Crippen molar-refractivity contribution in [2.45, 2.75) is 83.0 Å². The van der Waals surface area contributed by atoms with Crippen LogP contribution in [0.15, 0.2) is 64.0 Å². The van der Waals surface area contributed by atoms with Gasteiger partial charge in [-0.2, -0.15) is 22.7 Å². The van der Waals surface area contributed by atoms with E-state index in [2.05, 4.69) is 39.0 Å². The Morgan fingerprint density at radius 2 is 1.27 bits per heavy atom. The van der Waals surface area contributed by atoms with Crippen LogP contribution in [0.25, 0.3) is 0 Å². The molecule has 6 unspecified atom stereocenters. The third-order valence-corrected chi connectivity index (χ3v) is 12.5. The van der Waals surface area contributed by atoms with Crippen molar-refractivity contribution in [3.05, 3.63) is 80.7 Å². The Balaban J connectivity index is 0.000000192. The maximum absolute atomic E-state index is 12.6. The van der Waals surface area contributed by atoms with Crippen molar-refractivity contribution in [1.29, 1.82) is 0 Å². The number of amides is 3. The molecular formula is C40H54N4O6S2. The largest absolute Gasteiger partial charge is 0.445 e. The molecule has 2 saturated carbocycles. The van der Waals surface area contributed by atoms with E-state index in [4.69, 9.17) is 19.9 Å². The van der Waals surface area contributed by atoms with Gasteiger partial charge in [0.15, 0.2) is 0 Å². The molecule has 2 aliphatic carbocycles. The fourth-order valence-corrected chi connectivity index (χ4v) is 10.1. The summed E-state index contributed by atoms with van der Waals surface area (Å²) in [5, 5.41) is 11.5. The zero-order valence-electron chi connectivity index (χ0n) is 31.3. The molecule has 52 heavy (non-hydrogen) atoms. The zero-order valence-corrected chi connectivity index (χ0v) is 32.9. The number of carbonyl (C=O) groups excluding carboxylic acids is 3. The molecule has 7 rings (SSSR count). The van der Waals surface area contributed by atoms with Gasteiger partial charge in [-0.25, -0.2) is 14.4 Å². The van der Waals surface area contributed by atoms with Gasteiger partial charge in [-0.1, -0.05) is 30.3 Å². The van der Waals surface area contributed by atoms with Crippen LogP contribution in [0.1, 0.15) is 71.1 Å². The van der Waals surface area contributed by atoms with Crippen LogP contribution < -0.4 is 11.1 Å². The van der Waals surface area contributed by atoms with Crippen LogP contribution in [0.2, 0.25) is 0 Å². The number of piperidine rings is 2. The van der Waals surface area contributed by atoms with E-state index in [9.17, 15) is 14.4 Å². The molecule has 4 fully saturated rings. The Morgan fingerprint density at radius 1 is 0.769 bits per heavy atom. The molecule has 3 aromatic rings. The monoisotopic (exact) mass is 750 g/mol. The van der Waals surface area contributed by atoms with E-state index < -0.39 is 17.3 Å². The lowest BCUT2D eigenvalue weighted by atomic mass is 9.93. The summed E-state index contributed by atoms with van der Waals surface area (Å²) in [6.45, 7) is 15.7. The maximum Gasteiger partial charge on any atom is 0.410 e. The molecule has 10 nitrogen and oxygen atoms in total. The Hall–Kier alpha value is -3.61. The van der Waals surface area contributed by atoms with Crippen molar-refractivity contribution < 1.29 is 28.6 Å². The normalized spacial score (nSPS) is 27.6. The highest BCUT2D eigenvalue weighted by Gasteiger charge is 2.67. The molecule has 2 aromatic heterocycles. The minimum absolute atomic E-state index is 0.0940. The lowest BCUT2D eigenvalue weighted by Gasteiger charge is -2.29. The molecule has 1 aromatic carbocycles. The Labute approximate surface area is 316 Å². The summed E-state index contributed by atoms with van der Waals surface area (Å²) in [4.78, 5) is 40.9. The number of hydrogen-bond acceptors (Lipinski definition) is 9. The SMILES string of the molecule is CC(C)(C)OC(=O)N1CCC2C(C1)C2(CN)c1ccsc1.CC(C)(C)OC(=O)N1CCC2C(C1)C2(CNC(=O)OCc1ccccc1)c1ccsc1. The van der Waals surface area contributed by atoms with Crippen LogP contribution >= 0.6 is 22.7 Å². The Bertz CT molecular complexity index is 1670. The summed E-state index contributed by atoms with van der Waals surface area (Å²) >= 11 is 3.38. The molecule has 3 N–H and O–H groups in total. The second-order valence-corrected chi connectivity index (χ2v) is 18.1. The van der Waals surface area contributed by atoms with Gasteiger partial charge in [-0.05, 0) is 128 Å². The first-order valence-electron chi connectivity index (χ1n) is 18.3. The predicted molar refractivity (Wildman–Crippen MR) is 204 cm³/mol. The molecule has 4 heterocycles. The predicted octanol–water partition coefficient (Wildman–Crippen LogP) is 7.63. The smallest absolute Gasteiger partial charge is 0.410 e. The van der Waals surface area contributed by atoms with E-state index >= 15 is 0 Å². The molecule has 6 atom stereocenters. The number of nitrogens with one attached hydrogen (secondary N) is 1. The summed E-state index contributed by atoms with van der Waals surface area (Å²) < 4.78 is 16.5. The van der Waals surface area contributed by atoms with Crippen LogP contribution in [0.5, 0.6) is 0 Å². The standard InChI is InChI=1S/C24H30N2O4S.C16H24N2O2S/c1-23(2,3)30-22(28)26-11-9-19-20(13-26)24(19,18-10-12-31-15-18)16-25-21(27)29-14-17-7-5-4-6-8-17;1-15(2,3)20-14(19)18-6-4-12-13(8-18)16(12,10-17)11-5-7-21-9-11/h4-8,10,12,15,19-20H,9,11,13-14,16H2,1-3H3,(H,25,27);5,7,9,12-13H,4,6,8,10,17H2,1-3H3. The summed E-state index contributed by atoms with van der Waals surface area (Å²) in [5.41, 5.74) is 8.67. The quantitative estimate of drug-likeness (QED) is 0.238. The highest BCUT2D eigenvalue weighted by molar-refractivity contribution is 7.08. The average Bonchev–Trinajstić information content (AvgIpc) is 3.58. The number of alkyl carbamates (subject to hydrolysis) is 1. The molecule has 2 aliphatic heterocycles. The molecule has 12 heteroatoms. The van der Waals surface area contributed by atoms with E-state index in [0.29, 0.717) is 49.9 Å². The van der Waals surface area contributed by atoms with Crippen LogP contribution in [0, 0.1) is 23.7 Å². The van der Waals surface area contributed by atoms with Gasteiger partial charge in [-0.3, -0.25) is 0 Å². The van der Waals surface area contributed by atoms with Crippen molar-refractivity contribution in [3.63, 3.8) is 0 Å². The minimum Gasteiger partial charge on any atom is -0.445 e. The number of ether oxygens (including phenoxy) is 3. The Morgan fingerprint density at radius 3 is 1.75 bits per heavy atom. The number of benzene rings is 1. The van der Waals surface area contributed by atoms with Crippen molar-refractivity contribution in [2.24, 2.45) is 29.4 Å². The van der Waals surface area contributed by atoms with Gasteiger partial charge in [0.25, 0.3) is 0 Å². The number of nitrogens with two attached hydrogens (primary N) is 1. The zero-order chi connectivity index (χ0) is 37.3. The number of nitrogens with zero attached hydrogens (tertiary/aromatic N) is 2. The van der Waals surface area contributed by atoms with Gasteiger partial charge in [-0.15, -0.1) is 0 Å². The molecular weight excluding hydrogens is 697 g/mol. The van der Waals surface area contributed by atoms with Crippen LogP contribution in [-0.4, -0.2) is 78.6 Å². The van der Waals surface area contributed by atoms with E-state index in [-0.39, 0.29) is 29.6 Å². The second-order valence-electron chi connectivity index (χ2n) is 16.6. The highest BCUT2D eigenvalue weighted by Crippen LogP contribution is 2.64. The Kier molecular flexibility index (Phi) is 11.0. The van der Waals surface area contributed by atoms with Gasteiger partial charge in [0.05, 0.1) is 0 Å². The van der Waals surface area contributed by atoms with Gasteiger partial charge < -0.3 is 35.1 Å². The van der Waals surface area contributed by atoms with Crippen LogP contribution in [-0.2, 0) is 31.6 Å². The summed E-state index contributed by atoms with van der Waals surface area (Å²) in [7, 11) is 0. The molecule has 3 amide bonds. The fourth-order valence-electron chi connectivity index (χ4n) is 8.63. The van der Waals surface area contributed by atoms with E-state index in [1.54, 1.807) is 22.7 Å². The van der Waals surface area contributed by atoms with E-state index in [1.807, 2.05) is 81.7 Å². The lowest BCUT2D eigenvalue weighted by molar-refractivity contribution is 0.0196. The number of rotatable bonds is 7. The lowest BCUT2D eigenvalue weighted by Crippen LogP contribution is -2.41. The van der Waals surface area contributed by atoms with Crippen molar-refractivity contribution in [2.75, 3.05) is 39.3 Å². The first-order valence-corrected chi connectivity index (χ1v) is 20.2. The molecule has 0 bridgehead atoms.